The lowest BCUT2D eigenvalue weighted by Gasteiger charge is -2.33. The van der Waals surface area contributed by atoms with Crippen LogP contribution in [0.1, 0.15) is 48.6 Å². The molecule has 4 heteroatoms. The van der Waals surface area contributed by atoms with Gasteiger partial charge >= 0.3 is 0 Å². The summed E-state index contributed by atoms with van der Waals surface area (Å²) in [6, 6.07) is 10.5. The standard InChI is InChI=1S/C23H28N4/c1-16-9-10-21(24-16)20-11-13-27(14-12-20)23-18(3)17(2)22(25-26-23)15-19-7-5-4-6-8-19/h4-9,20H,10-15H2,1-3H3. The van der Waals surface area contributed by atoms with Crippen molar-refractivity contribution in [2.75, 3.05) is 18.0 Å². The second-order valence-corrected chi connectivity index (χ2v) is 7.80. The Balaban J connectivity index is 1.45. The Morgan fingerprint density at radius 3 is 2.37 bits per heavy atom. The Hall–Kier alpha value is -2.49. The van der Waals surface area contributed by atoms with Crippen molar-refractivity contribution in [3.05, 3.63) is 64.5 Å². The number of benzene rings is 1. The fourth-order valence-electron chi connectivity index (χ4n) is 4.15. The molecule has 27 heavy (non-hydrogen) atoms. The van der Waals surface area contributed by atoms with Crippen molar-refractivity contribution >= 4 is 11.5 Å². The van der Waals surface area contributed by atoms with Crippen molar-refractivity contribution in [2.45, 2.75) is 46.5 Å². The third kappa shape index (κ3) is 3.80. The molecule has 0 atom stereocenters. The van der Waals surface area contributed by atoms with Crippen molar-refractivity contribution in [1.29, 1.82) is 0 Å². The summed E-state index contributed by atoms with van der Waals surface area (Å²) >= 11 is 0. The molecule has 1 aromatic carbocycles. The predicted molar refractivity (Wildman–Crippen MR) is 112 cm³/mol. The van der Waals surface area contributed by atoms with Crippen LogP contribution in [0, 0.1) is 19.8 Å². The fourth-order valence-corrected chi connectivity index (χ4v) is 4.15. The third-order valence-corrected chi connectivity index (χ3v) is 6.00. The van der Waals surface area contributed by atoms with Gasteiger partial charge in [0.2, 0.25) is 0 Å². The van der Waals surface area contributed by atoms with E-state index in [0.29, 0.717) is 5.92 Å². The molecule has 1 saturated heterocycles. The molecule has 0 spiro atoms. The van der Waals surface area contributed by atoms with Crippen LogP contribution >= 0.6 is 0 Å². The lowest BCUT2D eigenvalue weighted by atomic mass is 9.90. The van der Waals surface area contributed by atoms with E-state index in [0.717, 1.165) is 50.3 Å². The largest absolute Gasteiger partial charge is 0.355 e. The molecule has 1 aromatic heterocycles. The number of hydrogen-bond acceptors (Lipinski definition) is 4. The zero-order valence-electron chi connectivity index (χ0n) is 16.6. The van der Waals surface area contributed by atoms with E-state index in [-0.39, 0.29) is 0 Å². The van der Waals surface area contributed by atoms with Gasteiger partial charge in [-0.25, -0.2) is 0 Å². The van der Waals surface area contributed by atoms with Gasteiger partial charge in [-0.15, -0.1) is 5.10 Å². The Kier molecular flexibility index (Phi) is 5.06. The van der Waals surface area contributed by atoms with Crippen LogP contribution < -0.4 is 4.90 Å². The molecule has 2 aliphatic rings. The molecule has 0 amide bonds. The first-order valence-corrected chi connectivity index (χ1v) is 9.97. The maximum Gasteiger partial charge on any atom is 0.154 e. The predicted octanol–water partition coefficient (Wildman–Crippen LogP) is 4.65. The smallest absolute Gasteiger partial charge is 0.154 e. The van der Waals surface area contributed by atoms with Gasteiger partial charge in [-0.2, -0.15) is 5.10 Å². The first-order chi connectivity index (χ1) is 13.1. The van der Waals surface area contributed by atoms with Crippen LogP contribution in [0.5, 0.6) is 0 Å². The van der Waals surface area contributed by atoms with Crippen LogP contribution in [0.15, 0.2) is 47.1 Å². The summed E-state index contributed by atoms with van der Waals surface area (Å²) in [4.78, 5) is 7.13. The monoisotopic (exact) mass is 360 g/mol. The van der Waals surface area contributed by atoms with Crippen LogP contribution in [0.3, 0.4) is 0 Å². The zero-order chi connectivity index (χ0) is 18.8. The van der Waals surface area contributed by atoms with Crippen molar-refractivity contribution in [3.8, 4) is 0 Å². The Labute approximate surface area is 162 Å². The molecule has 0 aliphatic carbocycles. The SMILES string of the molecule is CC1=CCC(C2CCN(c3nnc(Cc4ccccc4)c(C)c3C)CC2)=N1. The van der Waals surface area contributed by atoms with Gasteiger partial charge in [-0.3, -0.25) is 4.99 Å². The summed E-state index contributed by atoms with van der Waals surface area (Å²) in [5, 5.41) is 9.22. The molecule has 2 aliphatic heterocycles. The molecule has 140 valence electrons. The molecule has 4 nitrogen and oxygen atoms in total. The van der Waals surface area contributed by atoms with Crippen LogP contribution in [-0.2, 0) is 6.42 Å². The number of rotatable bonds is 4. The number of nitrogens with zero attached hydrogens (tertiary/aromatic N) is 4. The quantitative estimate of drug-likeness (QED) is 0.797. The number of aliphatic imine (C=N–C) groups is 1. The average molecular weight is 361 g/mol. The molecule has 3 heterocycles. The topological polar surface area (TPSA) is 41.4 Å². The molecule has 1 fully saturated rings. The maximum absolute atomic E-state index is 4.72. The average Bonchev–Trinajstić information content (AvgIpc) is 3.13. The number of piperidine rings is 1. The molecule has 0 saturated carbocycles. The van der Waals surface area contributed by atoms with Crippen molar-refractivity contribution in [2.24, 2.45) is 10.9 Å². The summed E-state index contributed by atoms with van der Waals surface area (Å²) in [5.41, 5.74) is 7.46. The molecule has 0 bridgehead atoms. The molecule has 4 rings (SSSR count). The Morgan fingerprint density at radius 2 is 1.70 bits per heavy atom. The zero-order valence-corrected chi connectivity index (χ0v) is 16.6. The first-order valence-electron chi connectivity index (χ1n) is 9.97. The molecule has 0 N–H and O–H groups in total. The van der Waals surface area contributed by atoms with Gasteiger partial charge < -0.3 is 4.90 Å². The first kappa shape index (κ1) is 17.9. The lowest BCUT2D eigenvalue weighted by Crippen LogP contribution is -2.37. The molecular formula is C23H28N4. The lowest BCUT2D eigenvalue weighted by molar-refractivity contribution is 0.494. The second kappa shape index (κ2) is 7.63. The van der Waals surface area contributed by atoms with Crippen molar-refractivity contribution in [1.82, 2.24) is 10.2 Å². The highest BCUT2D eigenvalue weighted by Gasteiger charge is 2.26. The maximum atomic E-state index is 4.72. The van der Waals surface area contributed by atoms with E-state index in [1.807, 2.05) is 0 Å². The van der Waals surface area contributed by atoms with Crippen LogP contribution in [-0.4, -0.2) is 29.0 Å². The summed E-state index contributed by atoms with van der Waals surface area (Å²) in [6.07, 6.45) is 6.45. The van der Waals surface area contributed by atoms with Crippen LogP contribution in [0.2, 0.25) is 0 Å². The van der Waals surface area contributed by atoms with Gasteiger partial charge in [0.05, 0.1) is 5.69 Å². The number of anilines is 1. The fraction of sp³-hybridized carbons (Fsp3) is 0.435. The van der Waals surface area contributed by atoms with E-state index in [4.69, 9.17) is 4.99 Å². The van der Waals surface area contributed by atoms with Gasteiger partial charge in [-0.05, 0) is 50.3 Å². The summed E-state index contributed by atoms with van der Waals surface area (Å²) in [6.45, 7) is 8.54. The highest BCUT2D eigenvalue weighted by atomic mass is 15.3. The van der Waals surface area contributed by atoms with Gasteiger partial charge in [-0.1, -0.05) is 36.4 Å². The minimum atomic E-state index is 0.627. The minimum absolute atomic E-state index is 0.627. The molecular weight excluding hydrogens is 332 g/mol. The highest BCUT2D eigenvalue weighted by molar-refractivity contribution is 5.91. The van der Waals surface area contributed by atoms with Crippen molar-refractivity contribution in [3.63, 3.8) is 0 Å². The van der Waals surface area contributed by atoms with Crippen LogP contribution in [0.25, 0.3) is 0 Å². The van der Waals surface area contributed by atoms with E-state index in [1.54, 1.807) is 0 Å². The Morgan fingerprint density at radius 1 is 0.963 bits per heavy atom. The summed E-state index contributed by atoms with van der Waals surface area (Å²) in [5.74, 6) is 1.69. The van der Waals surface area contributed by atoms with Crippen molar-refractivity contribution < 1.29 is 0 Å². The molecule has 2 aromatic rings. The highest BCUT2D eigenvalue weighted by Crippen LogP contribution is 2.29. The number of hydrogen-bond donors (Lipinski definition) is 0. The second-order valence-electron chi connectivity index (χ2n) is 7.80. The number of aromatic nitrogens is 2. The van der Waals surface area contributed by atoms with E-state index in [9.17, 15) is 0 Å². The third-order valence-electron chi connectivity index (χ3n) is 6.00. The van der Waals surface area contributed by atoms with Gasteiger partial charge in [0.25, 0.3) is 0 Å². The molecule has 0 unspecified atom stereocenters. The van der Waals surface area contributed by atoms with E-state index >= 15 is 0 Å². The van der Waals surface area contributed by atoms with Gasteiger partial charge in [0, 0.05) is 43.3 Å². The summed E-state index contributed by atoms with van der Waals surface area (Å²) < 4.78 is 0. The summed E-state index contributed by atoms with van der Waals surface area (Å²) in [7, 11) is 0. The minimum Gasteiger partial charge on any atom is -0.355 e. The van der Waals surface area contributed by atoms with Gasteiger partial charge in [0.15, 0.2) is 5.82 Å². The van der Waals surface area contributed by atoms with E-state index < -0.39 is 0 Å². The number of allylic oxidation sites excluding steroid dienone is 2. The molecule has 0 radical (unpaired) electrons. The Bertz CT molecular complexity index is 875. The van der Waals surface area contributed by atoms with E-state index in [2.05, 4.69) is 72.3 Å². The van der Waals surface area contributed by atoms with Crippen LogP contribution in [0.4, 0.5) is 5.82 Å². The van der Waals surface area contributed by atoms with Gasteiger partial charge in [0.1, 0.15) is 0 Å². The van der Waals surface area contributed by atoms with E-state index in [1.165, 1.54) is 28.1 Å². The normalized spacial score (nSPS) is 17.8.